The van der Waals surface area contributed by atoms with Crippen LogP contribution in [0.1, 0.15) is 17.2 Å². The number of hydrogen-bond donors (Lipinski definition) is 1. The Bertz CT molecular complexity index is 545. The number of terminal acetylenes is 1. The minimum atomic E-state index is 0. The molecule has 2 aromatic carbocycles. The lowest BCUT2D eigenvalue weighted by Crippen LogP contribution is -2.23. The van der Waals surface area contributed by atoms with Gasteiger partial charge in [-0.15, -0.1) is 18.8 Å². The van der Waals surface area contributed by atoms with Gasteiger partial charge in [0.05, 0.1) is 6.54 Å². The number of hydrogen-bond acceptors (Lipinski definition) is 1. The summed E-state index contributed by atoms with van der Waals surface area (Å²) in [5, 5.41) is 3.40. The smallest absolute Gasteiger partial charge is 0.0578 e. The van der Waals surface area contributed by atoms with E-state index in [-0.39, 0.29) is 18.4 Å². The van der Waals surface area contributed by atoms with E-state index in [0.29, 0.717) is 6.54 Å². The van der Waals surface area contributed by atoms with Crippen LogP contribution in [0.3, 0.4) is 0 Å². The third-order valence-corrected chi connectivity index (χ3v) is 3.53. The first-order valence-electron chi connectivity index (χ1n) is 6.26. The van der Waals surface area contributed by atoms with Gasteiger partial charge in [0.2, 0.25) is 0 Å². The molecule has 0 saturated heterocycles. The summed E-state index contributed by atoms with van der Waals surface area (Å²) < 4.78 is 1.10. The molecule has 20 heavy (non-hydrogen) atoms. The maximum atomic E-state index is 5.35. The van der Waals surface area contributed by atoms with Crippen LogP contribution in [0.15, 0.2) is 59.1 Å². The molecule has 2 aromatic rings. The minimum Gasteiger partial charge on any atom is -0.299 e. The van der Waals surface area contributed by atoms with Crippen molar-refractivity contribution in [3.8, 4) is 12.3 Å². The highest BCUT2D eigenvalue weighted by molar-refractivity contribution is 9.10. The molecule has 3 heteroatoms. The Morgan fingerprint density at radius 2 is 1.70 bits per heavy atom. The lowest BCUT2D eigenvalue weighted by molar-refractivity contribution is 0.569. The minimum absolute atomic E-state index is 0. The van der Waals surface area contributed by atoms with Gasteiger partial charge in [0, 0.05) is 10.5 Å². The molecular weight excluding hydrogens is 334 g/mol. The summed E-state index contributed by atoms with van der Waals surface area (Å²) in [6, 6.07) is 19.1. The summed E-state index contributed by atoms with van der Waals surface area (Å²) in [7, 11) is 0. The van der Waals surface area contributed by atoms with Gasteiger partial charge in [-0.1, -0.05) is 64.3 Å². The van der Waals surface area contributed by atoms with E-state index in [4.69, 9.17) is 6.42 Å². The number of benzene rings is 2. The Kier molecular flexibility index (Phi) is 7.40. The van der Waals surface area contributed by atoms with Gasteiger partial charge in [0.1, 0.15) is 0 Å². The van der Waals surface area contributed by atoms with Gasteiger partial charge in [-0.25, -0.2) is 0 Å². The van der Waals surface area contributed by atoms with Crippen molar-refractivity contribution in [2.45, 2.75) is 12.5 Å². The zero-order chi connectivity index (χ0) is 13.5. The fourth-order valence-corrected chi connectivity index (χ4v) is 2.30. The van der Waals surface area contributed by atoms with Crippen LogP contribution in [0.4, 0.5) is 0 Å². The molecule has 0 aliphatic carbocycles. The van der Waals surface area contributed by atoms with Gasteiger partial charge in [-0.3, -0.25) is 5.32 Å². The molecule has 0 amide bonds. The molecule has 0 fully saturated rings. The second-order valence-electron chi connectivity index (χ2n) is 4.38. The topological polar surface area (TPSA) is 12.0 Å². The monoisotopic (exact) mass is 349 g/mol. The maximum absolute atomic E-state index is 5.35. The molecule has 1 nitrogen and oxygen atoms in total. The van der Waals surface area contributed by atoms with Crippen LogP contribution >= 0.6 is 28.3 Å². The fourth-order valence-electron chi connectivity index (χ4n) is 2.03. The molecule has 1 unspecified atom stereocenters. The van der Waals surface area contributed by atoms with Crippen molar-refractivity contribution >= 4 is 28.3 Å². The Hall–Kier alpha value is -1.27. The third kappa shape index (κ3) is 5.02. The van der Waals surface area contributed by atoms with Crippen molar-refractivity contribution in [3.05, 3.63) is 70.2 Å². The van der Waals surface area contributed by atoms with Crippen LogP contribution in [0.25, 0.3) is 0 Å². The van der Waals surface area contributed by atoms with Crippen LogP contribution in [-0.4, -0.2) is 6.54 Å². The molecule has 1 N–H and O–H groups in total. The van der Waals surface area contributed by atoms with E-state index < -0.39 is 0 Å². The first kappa shape index (κ1) is 16.8. The van der Waals surface area contributed by atoms with E-state index in [9.17, 15) is 0 Å². The van der Waals surface area contributed by atoms with Gasteiger partial charge in [0.15, 0.2) is 0 Å². The third-order valence-electron chi connectivity index (χ3n) is 3.01. The predicted molar refractivity (Wildman–Crippen MR) is 91.1 cm³/mol. The SMILES string of the molecule is C#CCNC(Cc1ccc(Br)cc1)c1ccccc1.Cl. The molecule has 0 saturated carbocycles. The van der Waals surface area contributed by atoms with E-state index in [0.717, 1.165) is 10.9 Å². The van der Waals surface area contributed by atoms with Crippen molar-refractivity contribution in [2.75, 3.05) is 6.54 Å². The standard InChI is InChI=1S/C17H16BrN.ClH/c1-2-12-19-17(15-6-4-3-5-7-15)13-14-8-10-16(18)11-9-14;/h1,3-11,17,19H,12-13H2;1H. The van der Waals surface area contributed by atoms with Gasteiger partial charge in [-0.2, -0.15) is 0 Å². The highest BCUT2D eigenvalue weighted by Crippen LogP contribution is 2.19. The fraction of sp³-hybridized carbons (Fsp3) is 0.176. The Morgan fingerprint density at radius 3 is 2.30 bits per heavy atom. The molecule has 0 bridgehead atoms. The van der Waals surface area contributed by atoms with E-state index >= 15 is 0 Å². The van der Waals surface area contributed by atoms with Crippen molar-refractivity contribution in [3.63, 3.8) is 0 Å². The first-order chi connectivity index (χ1) is 9.29. The zero-order valence-corrected chi connectivity index (χ0v) is 13.5. The second-order valence-corrected chi connectivity index (χ2v) is 5.29. The molecule has 0 aromatic heterocycles. The summed E-state index contributed by atoms with van der Waals surface area (Å²) in [4.78, 5) is 0. The molecule has 104 valence electrons. The van der Waals surface area contributed by atoms with Gasteiger partial charge in [-0.05, 0) is 29.7 Å². The van der Waals surface area contributed by atoms with Gasteiger partial charge >= 0.3 is 0 Å². The van der Waals surface area contributed by atoms with Crippen LogP contribution < -0.4 is 5.32 Å². The van der Waals surface area contributed by atoms with E-state index in [1.807, 2.05) is 6.07 Å². The quantitative estimate of drug-likeness (QED) is 0.789. The molecule has 0 radical (unpaired) electrons. The molecule has 2 rings (SSSR count). The molecule has 0 aliphatic rings. The highest BCUT2D eigenvalue weighted by atomic mass is 79.9. The zero-order valence-electron chi connectivity index (χ0n) is 11.1. The Balaban J connectivity index is 0.00000200. The maximum Gasteiger partial charge on any atom is 0.0578 e. The summed E-state index contributed by atoms with van der Waals surface area (Å²) >= 11 is 3.46. The first-order valence-corrected chi connectivity index (χ1v) is 7.05. The van der Waals surface area contributed by atoms with E-state index in [2.05, 4.69) is 75.7 Å². The molecule has 0 aliphatic heterocycles. The summed E-state index contributed by atoms with van der Waals surface area (Å²) in [6.45, 7) is 0.579. The Labute approximate surface area is 135 Å². The molecule has 0 spiro atoms. The molecule has 0 heterocycles. The second kappa shape index (κ2) is 8.81. The molecular formula is C17H17BrClN. The van der Waals surface area contributed by atoms with Crippen molar-refractivity contribution in [1.82, 2.24) is 5.32 Å². The summed E-state index contributed by atoms with van der Waals surface area (Å²) in [5.41, 5.74) is 2.56. The van der Waals surface area contributed by atoms with E-state index in [1.165, 1.54) is 11.1 Å². The normalized spacial score (nSPS) is 11.2. The largest absolute Gasteiger partial charge is 0.299 e. The lowest BCUT2D eigenvalue weighted by Gasteiger charge is -2.18. The van der Waals surface area contributed by atoms with Gasteiger partial charge < -0.3 is 0 Å². The van der Waals surface area contributed by atoms with Crippen LogP contribution in [0.2, 0.25) is 0 Å². The average Bonchev–Trinajstić information content (AvgIpc) is 2.46. The number of nitrogens with one attached hydrogen (secondary N) is 1. The number of halogens is 2. The summed E-state index contributed by atoms with van der Waals surface area (Å²) in [6.07, 6.45) is 6.28. The summed E-state index contributed by atoms with van der Waals surface area (Å²) in [5.74, 6) is 2.64. The average molecular weight is 351 g/mol. The van der Waals surface area contributed by atoms with Crippen molar-refractivity contribution in [2.24, 2.45) is 0 Å². The van der Waals surface area contributed by atoms with Crippen LogP contribution in [0, 0.1) is 12.3 Å². The predicted octanol–water partition coefficient (Wildman–Crippen LogP) is 4.38. The van der Waals surface area contributed by atoms with Crippen LogP contribution in [-0.2, 0) is 6.42 Å². The highest BCUT2D eigenvalue weighted by Gasteiger charge is 2.10. The molecule has 1 atom stereocenters. The van der Waals surface area contributed by atoms with Gasteiger partial charge in [0.25, 0.3) is 0 Å². The van der Waals surface area contributed by atoms with Crippen molar-refractivity contribution in [1.29, 1.82) is 0 Å². The van der Waals surface area contributed by atoms with Crippen molar-refractivity contribution < 1.29 is 0 Å². The van der Waals surface area contributed by atoms with Crippen LogP contribution in [0.5, 0.6) is 0 Å². The number of rotatable bonds is 5. The van der Waals surface area contributed by atoms with E-state index in [1.54, 1.807) is 0 Å². The Morgan fingerprint density at radius 1 is 1.05 bits per heavy atom. The lowest BCUT2D eigenvalue weighted by atomic mass is 9.99.